The molecule has 2 amide bonds. The Morgan fingerprint density at radius 3 is 2.13 bits per heavy atom. The third kappa shape index (κ3) is 2.02. The molecule has 0 radical (unpaired) electrons. The van der Waals surface area contributed by atoms with E-state index < -0.39 is 11.8 Å². The van der Waals surface area contributed by atoms with Gasteiger partial charge in [-0.05, 0) is 11.1 Å². The first-order valence-electron chi connectivity index (χ1n) is 7.68. The number of imide groups is 1. The molecule has 2 aromatic carbocycles. The van der Waals surface area contributed by atoms with Crippen molar-refractivity contribution in [1.29, 1.82) is 0 Å². The highest BCUT2D eigenvalue weighted by atomic mass is 16.2. The monoisotopic (exact) mass is 304 g/mol. The van der Waals surface area contributed by atoms with Gasteiger partial charge in [0.05, 0.1) is 23.6 Å². The number of likely N-dealkylation sites (tertiary alicyclic amines) is 1. The molecule has 2 aliphatic heterocycles. The van der Waals surface area contributed by atoms with Crippen LogP contribution in [0.2, 0.25) is 0 Å². The van der Waals surface area contributed by atoms with E-state index in [0.29, 0.717) is 0 Å². The zero-order valence-corrected chi connectivity index (χ0v) is 12.7. The van der Waals surface area contributed by atoms with Gasteiger partial charge in [0.2, 0.25) is 11.8 Å². The van der Waals surface area contributed by atoms with Gasteiger partial charge in [-0.1, -0.05) is 60.7 Å². The summed E-state index contributed by atoms with van der Waals surface area (Å²) in [5, 5.41) is 0. The van der Waals surface area contributed by atoms with Gasteiger partial charge >= 0.3 is 0 Å². The smallest absolute Gasteiger partial charge is 0.238 e. The molecule has 0 spiro atoms. The van der Waals surface area contributed by atoms with Gasteiger partial charge in [-0.25, -0.2) is 0 Å². The van der Waals surface area contributed by atoms with Crippen molar-refractivity contribution in [3.63, 3.8) is 0 Å². The van der Waals surface area contributed by atoms with Crippen LogP contribution in [-0.2, 0) is 9.59 Å². The number of hydrogen-bond donors (Lipinski definition) is 0. The van der Waals surface area contributed by atoms with Gasteiger partial charge < -0.3 is 0 Å². The van der Waals surface area contributed by atoms with E-state index >= 15 is 0 Å². The number of carbonyl (C=O) groups is 2. The average Bonchev–Trinajstić information content (AvgIpc) is 3.10. The molecule has 3 atom stereocenters. The van der Waals surface area contributed by atoms with E-state index in [9.17, 15) is 9.59 Å². The molecule has 2 aromatic rings. The van der Waals surface area contributed by atoms with Gasteiger partial charge in [-0.15, -0.1) is 0 Å². The Morgan fingerprint density at radius 1 is 0.870 bits per heavy atom. The summed E-state index contributed by atoms with van der Waals surface area (Å²) >= 11 is 0. The maximum Gasteiger partial charge on any atom is 0.238 e. The molecule has 2 aliphatic rings. The van der Waals surface area contributed by atoms with Crippen molar-refractivity contribution in [1.82, 2.24) is 4.90 Å². The highest BCUT2D eigenvalue weighted by Gasteiger charge is 2.55. The van der Waals surface area contributed by atoms with Crippen LogP contribution in [0, 0.1) is 11.8 Å². The lowest BCUT2D eigenvalue weighted by molar-refractivity contribution is -0.138. The molecule has 3 unspecified atom stereocenters. The van der Waals surface area contributed by atoms with Crippen molar-refractivity contribution in [2.45, 2.75) is 6.04 Å². The second kappa shape index (κ2) is 5.16. The SMILES string of the molecule is CN1C(=O)C2C(c3ccccc3)=NC(c3ccccc3)C2C1=O. The lowest BCUT2D eigenvalue weighted by Gasteiger charge is -2.15. The van der Waals surface area contributed by atoms with Gasteiger partial charge in [0.1, 0.15) is 0 Å². The van der Waals surface area contributed by atoms with Crippen molar-refractivity contribution >= 4 is 17.5 Å². The van der Waals surface area contributed by atoms with E-state index in [0.717, 1.165) is 16.8 Å². The summed E-state index contributed by atoms with van der Waals surface area (Å²) < 4.78 is 0. The fourth-order valence-electron chi connectivity index (χ4n) is 3.55. The number of aliphatic imine (C=N–C) groups is 1. The Balaban J connectivity index is 1.86. The van der Waals surface area contributed by atoms with E-state index in [2.05, 4.69) is 0 Å². The van der Waals surface area contributed by atoms with Crippen LogP contribution in [0.25, 0.3) is 0 Å². The van der Waals surface area contributed by atoms with Crippen LogP contribution in [0.4, 0.5) is 0 Å². The molecule has 0 saturated carbocycles. The minimum Gasteiger partial charge on any atom is -0.285 e. The summed E-state index contributed by atoms with van der Waals surface area (Å²) in [6.07, 6.45) is 0. The van der Waals surface area contributed by atoms with Gasteiger partial charge in [0.25, 0.3) is 0 Å². The van der Waals surface area contributed by atoms with Crippen molar-refractivity contribution in [2.75, 3.05) is 7.05 Å². The van der Waals surface area contributed by atoms with Crippen molar-refractivity contribution in [3.8, 4) is 0 Å². The van der Waals surface area contributed by atoms with Crippen LogP contribution in [0.15, 0.2) is 65.7 Å². The molecule has 2 heterocycles. The summed E-state index contributed by atoms with van der Waals surface area (Å²) in [4.78, 5) is 31.2. The van der Waals surface area contributed by atoms with Crippen LogP contribution in [-0.4, -0.2) is 29.5 Å². The van der Waals surface area contributed by atoms with E-state index in [4.69, 9.17) is 4.99 Å². The number of rotatable bonds is 2. The lowest BCUT2D eigenvalue weighted by Crippen LogP contribution is -2.29. The second-order valence-corrected chi connectivity index (χ2v) is 5.97. The Kier molecular flexibility index (Phi) is 3.11. The fraction of sp³-hybridized carbons (Fsp3) is 0.211. The Labute approximate surface area is 134 Å². The van der Waals surface area contributed by atoms with Crippen LogP contribution in [0.3, 0.4) is 0 Å². The number of hydrogen-bond acceptors (Lipinski definition) is 3. The quantitative estimate of drug-likeness (QED) is 0.800. The van der Waals surface area contributed by atoms with E-state index in [-0.39, 0.29) is 17.9 Å². The molecule has 1 fully saturated rings. The molecule has 4 heteroatoms. The predicted molar refractivity (Wildman–Crippen MR) is 86.9 cm³/mol. The van der Waals surface area contributed by atoms with E-state index in [1.54, 1.807) is 7.05 Å². The zero-order valence-electron chi connectivity index (χ0n) is 12.7. The summed E-state index contributed by atoms with van der Waals surface area (Å²) in [6.45, 7) is 0. The maximum absolute atomic E-state index is 12.6. The standard InChI is InChI=1S/C19H16N2O2/c1-21-18(22)14-15(19(21)23)17(13-10-6-3-7-11-13)20-16(14)12-8-4-2-5-9-12/h2-11,14-16H,1H3. The Hall–Kier alpha value is -2.75. The number of fused-ring (bicyclic) bond motifs is 1. The van der Waals surface area contributed by atoms with Crippen molar-refractivity contribution in [2.24, 2.45) is 16.8 Å². The minimum absolute atomic E-state index is 0.136. The van der Waals surface area contributed by atoms with Gasteiger partial charge in [0.15, 0.2) is 0 Å². The first kappa shape index (κ1) is 13.9. The lowest BCUT2D eigenvalue weighted by atomic mass is 9.84. The molecule has 23 heavy (non-hydrogen) atoms. The summed E-state index contributed by atoms with van der Waals surface area (Å²) in [7, 11) is 1.56. The number of amides is 2. The van der Waals surface area contributed by atoms with Crippen LogP contribution < -0.4 is 0 Å². The molecule has 0 bridgehead atoms. The van der Waals surface area contributed by atoms with Crippen molar-refractivity contribution < 1.29 is 9.59 Å². The third-order valence-corrected chi connectivity index (χ3v) is 4.70. The summed E-state index contributed by atoms with van der Waals surface area (Å²) in [6, 6.07) is 19.1. The van der Waals surface area contributed by atoms with Gasteiger partial charge in [-0.3, -0.25) is 19.5 Å². The highest BCUT2D eigenvalue weighted by Crippen LogP contribution is 2.45. The molecule has 0 N–H and O–H groups in total. The fourth-order valence-corrected chi connectivity index (χ4v) is 3.55. The molecular weight excluding hydrogens is 288 g/mol. The Bertz CT molecular complexity index is 799. The molecular formula is C19H16N2O2. The zero-order chi connectivity index (χ0) is 16.0. The van der Waals surface area contributed by atoms with Crippen molar-refractivity contribution in [3.05, 3.63) is 71.8 Å². The number of carbonyl (C=O) groups excluding carboxylic acids is 2. The summed E-state index contributed by atoms with van der Waals surface area (Å²) in [5.74, 6) is -1.19. The first-order chi connectivity index (χ1) is 11.2. The Morgan fingerprint density at radius 2 is 1.48 bits per heavy atom. The molecule has 0 aliphatic carbocycles. The third-order valence-electron chi connectivity index (χ3n) is 4.70. The maximum atomic E-state index is 12.6. The van der Waals surface area contributed by atoms with Gasteiger partial charge in [-0.2, -0.15) is 0 Å². The van der Waals surface area contributed by atoms with Crippen LogP contribution in [0.1, 0.15) is 17.2 Å². The normalized spacial score (nSPS) is 26.4. The molecule has 0 aromatic heterocycles. The largest absolute Gasteiger partial charge is 0.285 e. The van der Waals surface area contributed by atoms with E-state index in [1.165, 1.54) is 4.90 Å². The minimum atomic E-state index is -0.472. The van der Waals surface area contributed by atoms with Gasteiger partial charge in [0, 0.05) is 7.05 Å². The van der Waals surface area contributed by atoms with E-state index in [1.807, 2.05) is 60.7 Å². The first-order valence-corrected chi connectivity index (χ1v) is 7.68. The molecule has 4 rings (SSSR count). The van der Waals surface area contributed by atoms with Crippen LogP contribution in [0.5, 0.6) is 0 Å². The molecule has 114 valence electrons. The highest BCUT2D eigenvalue weighted by molar-refractivity contribution is 6.23. The molecule has 4 nitrogen and oxygen atoms in total. The van der Waals surface area contributed by atoms with Crippen LogP contribution >= 0.6 is 0 Å². The topological polar surface area (TPSA) is 49.7 Å². The number of nitrogens with zero attached hydrogens (tertiary/aromatic N) is 2. The average molecular weight is 304 g/mol. The second-order valence-electron chi connectivity index (χ2n) is 5.97. The summed E-state index contributed by atoms with van der Waals surface area (Å²) in [5.41, 5.74) is 2.62. The number of benzene rings is 2. The molecule has 1 saturated heterocycles. The predicted octanol–water partition coefficient (Wildman–Crippen LogP) is 2.46.